The van der Waals surface area contributed by atoms with Crippen molar-refractivity contribution in [3.05, 3.63) is 0 Å². The van der Waals surface area contributed by atoms with Gasteiger partial charge in [0.25, 0.3) is 0 Å². The summed E-state index contributed by atoms with van der Waals surface area (Å²) in [5.41, 5.74) is 0. The van der Waals surface area contributed by atoms with Crippen molar-refractivity contribution < 1.29 is 22.3 Å². The summed E-state index contributed by atoms with van der Waals surface area (Å²) in [5.74, 6) is -8.30. The molecular formula is C8H13BrF4O. The molecule has 0 aliphatic carbocycles. The molecule has 2 unspecified atom stereocenters. The minimum Gasteiger partial charge on any atom is -0.372 e. The van der Waals surface area contributed by atoms with E-state index in [9.17, 15) is 17.6 Å². The molecule has 1 nitrogen and oxygen atoms in total. The molecule has 0 radical (unpaired) electrons. The molecule has 0 saturated carbocycles. The largest absolute Gasteiger partial charge is 0.372 e. The normalized spacial score (nSPS) is 18.0. The summed E-state index contributed by atoms with van der Waals surface area (Å²) in [5, 5.41) is 0. The van der Waals surface area contributed by atoms with Gasteiger partial charge in [0.1, 0.15) is 6.10 Å². The Morgan fingerprint density at radius 3 is 1.86 bits per heavy atom. The Morgan fingerprint density at radius 2 is 1.57 bits per heavy atom. The van der Waals surface area contributed by atoms with E-state index in [0.29, 0.717) is 0 Å². The van der Waals surface area contributed by atoms with Crippen molar-refractivity contribution in [3.63, 3.8) is 0 Å². The first-order valence-electron chi connectivity index (χ1n) is 4.19. The molecule has 0 aliphatic rings. The van der Waals surface area contributed by atoms with E-state index in [0.717, 1.165) is 13.8 Å². The maximum Gasteiger partial charge on any atom is 0.336 e. The highest BCUT2D eigenvalue weighted by atomic mass is 79.9. The SMILES string of the molecule is CCOC(C)C(F)(F)C(F)(F)C(C)Br. The quantitative estimate of drug-likeness (QED) is 0.554. The van der Waals surface area contributed by atoms with Crippen molar-refractivity contribution >= 4 is 15.9 Å². The topological polar surface area (TPSA) is 9.23 Å². The van der Waals surface area contributed by atoms with E-state index >= 15 is 0 Å². The number of alkyl halides is 5. The van der Waals surface area contributed by atoms with E-state index in [1.54, 1.807) is 0 Å². The smallest absolute Gasteiger partial charge is 0.336 e. The van der Waals surface area contributed by atoms with Crippen LogP contribution in [-0.4, -0.2) is 29.4 Å². The van der Waals surface area contributed by atoms with E-state index in [4.69, 9.17) is 0 Å². The zero-order chi connectivity index (χ0) is 11.6. The minimum absolute atomic E-state index is 0.0243. The van der Waals surface area contributed by atoms with Crippen molar-refractivity contribution in [2.75, 3.05) is 6.61 Å². The Hall–Kier alpha value is 0.160. The van der Waals surface area contributed by atoms with Crippen LogP contribution in [0.25, 0.3) is 0 Å². The first kappa shape index (κ1) is 14.2. The molecule has 0 rings (SSSR count). The third-order valence-electron chi connectivity index (χ3n) is 1.87. The van der Waals surface area contributed by atoms with E-state index in [2.05, 4.69) is 20.7 Å². The molecule has 6 heteroatoms. The molecule has 0 bridgehead atoms. The summed E-state index contributed by atoms with van der Waals surface area (Å²) in [7, 11) is 0. The summed E-state index contributed by atoms with van der Waals surface area (Å²) in [6, 6.07) is 0. The third-order valence-corrected chi connectivity index (χ3v) is 2.45. The zero-order valence-electron chi connectivity index (χ0n) is 8.16. The van der Waals surface area contributed by atoms with Crippen LogP contribution < -0.4 is 0 Å². The van der Waals surface area contributed by atoms with Gasteiger partial charge in [-0.15, -0.1) is 0 Å². The van der Waals surface area contributed by atoms with Gasteiger partial charge in [-0.05, 0) is 20.8 Å². The minimum atomic E-state index is -4.17. The summed E-state index contributed by atoms with van der Waals surface area (Å²) >= 11 is 2.47. The van der Waals surface area contributed by atoms with Crippen LogP contribution >= 0.6 is 15.9 Å². The molecule has 0 aromatic rings. The molecule has 0 saturated heterocycles. The first-order valence-corrected chi connectivity index (χ1v) is 5.10. The lowest BCUT2D eigenvalue weighted by Gasteiger charge is -2.32. The van der Waals surface area contributed by atoms with Gasteiger partial charge in [-0.1, -0.05) is 15.9 Å². The van der Waals surface area contributed by atoms with E-state index < -0.39 is 22.8 Å². The molecule has 0 spiro atoms. The Labute approximate surface area is 88.9 Å². The van der Waals surface area contributed by atoms with Gasteiger partial charge in [0, 0.05) is 6.61 Å². The monoisotopic (exact) mass is 280 g/mol. The maximum atomic E-state index is 13.1. The second kappa shape index (κ2) is 4.79. The second-order valence-corrected chi connectivity index (χ2v) is 4.33. The van der Waals surface area contributed by atoms with Gasteiger partial charge in [-0.3, -0.25) is 0 Å². The zero-order valence-corrected chi connectivity index (χ0v) is 9.75. The van der Waals surface area contributed by atoms with Crippen LogP contribution in [0.3, 0.4) is 0 Å². The first-order chi connectivity index (χ1) is 6.17. The Morgan fingerprint density at radius 1 is 1.14 bits per heavy atom. The second-order valence-electron chi connectivity index (χ2n) is 2.96. The number of hydrogen-bond donors (Lipinski definition) is 0. The molecule has 0 fully saturated rings. The van der Waals surface area contributed by atoms with Crippen LogP contribution in [0.15, 0.2) is 0 Å². The van der Waals surface area contributed by atoms with Crippen molar-refractivity contribution in [2.24, 2.45) is 0 Å². The van der Waals surface area contributed by atoms with Crippen molar-refractivity contribution in [3.8, 4) is 0 Å². The average Bonchev–Trinajstić information content (AvgIpc) is 2.04. The summed E-state index contributed by atoms with van der Waals surface area (Å²) in [6.45, 7) is 3.37. The molecule has 14 heavy (non-hydrogen) atoms. The summed E-state index contributed by atoms with van der Waals surface area (Å²) in [4.78, 5) is -1.60. The number of halogens is 5. The molecule has 0 N–H and O–H groups in total. The predicted molar refractivity (Wildman–Crippen MR) is 49.4 cm³/mol. The number of rotatable bonds is 5. The summed E-state index contributed by atoms with van der Waals surface area (Å²) in [6.07, 6.45) is -1.80. The maximum absolute atomic E-state index is 13.1. The molecule has 0 amide bonds. The Kier molecular flexibility index (Phi) is 4.84. The van der Waals surface area contributed by atoms with E-state index in [-0.39, 0.29) is 6.61 Å². The molecular weight excluding hydrogens is 268 g/mol. The standard InChI is InChI=1S/C8H13BrF4O/c1-4-14-6(3)8(12,13)7(10,11)5(2)9/h5-6H,4H2,1-3H3. The molecule has 2 atom stereocenters. The van der Waals surface area contributed by atoms with Crippen LogP contribution in [0.2, 0.25) is 0 Å². The lowest BCUT2D eigenvalue weighted by Crippen LogP contribution is -2.53. The predicted octanol–water partition coefficient (Wildman–Crippen LogP) is 3.47. The number of hydrogen-bond acceptors (Lipinski definition) is 1. The molecule has 0 aliphatic heterocycles. The van der Waals surface area contributed by atoms with Gasteiger partial charge in [0.05, 0.1) is 4.83 Å². The lowest BCUT2D eigenvalue weighted by molar-refractivity contribution is -0.255. The molecule has 0 aromatic carbocycles. The fourth-order valence-electron chi connectivity index (χ4n) is 0.891. The number of ether oxygens (including phenoxy) is 1. The van der Waals surface area contributed by atoms with Crippen molar-refractivity contribution in [2.45, 2.75) is 43.5 Å². The van der Waals surface area contributed by atoms with E-state index in [1.807, 2.05) is 0 Å². The van der Waals surface area contributed by atoms with Gasteiger partial charge < -0.3 is 4.74 Å². The Bertz CT molecular complexity index is 184. The molecule has 0 aromatic heterocycles. The average molecular weight is 281 g/mol. The van der Waals surface area contributed by atoms with Crippen LogP contribution in [0.1, 0.15) is 20.8 Å². The lowest BCUT2D eigenvalue weighted by atomic mass is 10.0. The van der Waals surface area contributed by atoms with Crippen LogP contribution in [0.4, 0.5) is 17.6 Å². The highest BCUT2D eigenvalue weighted by Crippen LogP contribution is 2.42. The van der Waals surface area contributed by atoms with Crippen LogP contribution in [0, 0.1) is 0 Å². The van der Waals surface area contributed by atoms with Gasteiger partial charge >= 0.3 is 11.8 Å². The third kappa shape index (κ3) is 2.59. The van der Waals surface area contributed by atoms with Crippen LogP contribution in [0.5, 0.6) is 0 Å². The fourth-order valence-corrected chi connectivity index (χ4v) is 1.20. The van der Waals surface area contributed by atoms with Crippen molar-refractivity contribution in [1.82, 2.24) is 0 Å². The van der Waals surface area contributed by atoms with Gasteiger partial charge in [0.2, 0.25) is 0 Å². The van der Waals surface area contributed by atoms with Gasteiger partial charge in [-0.2, -0.15) is 17.6 Å². The fraction of sp³-hybridized carbons (Fsp3) is 1.00. The molecule has 86 valence electrons. The molecule has 0 heterocycles. The Balaban J connectivity index is 4.74. The van der Waals surface area contributed by atoms with Crippen LogP contribution in [-0.2, 0) is 4.74 Å². The van der Waals surface area contributed by atoms with Gasteiger partial charge in [0.15, 0.2) is 0 Å². The highest BCUT2D eigenvalue weighted by Gasteiger charge is 2.62. The van der Waals surface area contributed by atoms with Gasteiger partial charge in [-0.25, -0.2) is 0 Å². The van der Waals surface area contributed by atoms with Crippen molar-refractivity contribution in [1.29, 1.82) is 0 Å². The highest BCUT2D eigenvalue weighted by molar-refractivity contribution is 9.09. The summed E-state index contributed by atoms with van der Waals surface area (Å²) < 4.78 is 56.8. The van der Waals surface area contributed by atoms with E-state index in [1.165, 1.54) is 6.92 Å².